The van der Waals surface area contributed by atoms with Crippen molar-refractivity contribution < 1.29 is 14.7 Å². The number of aromatic nitrogens is 1. The highest BCUT2D eigenvalue weighted by molar-refractivity contribution is 7.71. The summed E-state index contributed by atoms with van der Waals surface area (Å²) in [6.07, 6.45) is -0.220. The predicted molar refractivity (Wildman–Crippen MR) is 42.0 cm³/mol. The lowest BCUT2D eigenvalue weighted by Crippen LogP contribution is -2.32. The molecular formula is C7H6NO3S-. The molecule has 0 radical (unpaired) electrons. The lowest BCUT2D eigenvalue weighted by Gasteiger charge is -2.11. The molecule has 4 nitrogen and oxygen atoms in total. The van der Waals surface area contributed by atoms with Crippen molar-refractivity contribution in [3.63, 3.8) is 0 Å². The smallest absolute Gasteiger partial charge is 0.273 e. The van der Waals surface area contributed by atoms with Gasteiger partial charge in [-0.2, -0.15) is 0 Å². The van der Waals surface area contributed by atoms with Gasteiger partial charge in [0.15, 0.2) is 0 Å². The summed E-state index contributed by atoms with van der Waals surface area (Å²) in [5.74, 6) is 0. The van der Waals surface area contributed by atoms with Crippen molar-refractivity contribution in [2.75, 3.05) is 0 Å². The summed E-state index contributed by atoms with van der Waals surface area (Å²) in [7, 11) is 0. The molecule has 0 saturated carbocycles. The molecule has 64 valence electrons. The van der Waals surface area contributed by atoms with Crippen LogP contribution in [0.3, 0.4) is 0 Å². The number of aryl methyl sites for hydroxylation is 1. The topological polar surface area (TPSA) is 54.3 Å². The number of carboxylic acid groups (broad SMARTS) is 1. The summed E-state index contributed by atoms with van der Waals surface area (Å²) in [6.45, 7) is 1.76. The minimum Gasteiger partial charge on any atom is -0.435 e. The van der Waals surface area contributed by atoms with E-state index in [2.05, 4.69) is 4.84 Å². The number of hydrogen-bond donors (Lipinski definition) is 0. The Bertz CT molecular complexity index is 358. The Morgan fingerprint density at radius 3 is 3.00 bits per heavy atom. The van der Waals surface area contributed by atoms with Crippen molar-refractivity contribution in [2.45, 2.75) is 6.92 Å². The van der Waals surface area contributed by atoms with Crippen molar-refractivity contribution in [1.82, 2.24) is 4.73 Å². The molecule has 12 heavy (non-hydrogen) atoms. The molecular weight excluding hydrogens is 178 g/mol. The maximum Gasteiger partial charge on any atom is 0.273 e. The molecule has 5 heteroatoms. The van der Waals surface area contributed by atoms with Crippen LogP contribution in [0.25, 0.3) is 0 Å². The molecule has 1 aromatic rings. The molecule has 0 atom stereocenters. The zero-order chi connectivity index (χ0) is 9.14. The quantitative estimate of drug-likeness (QED) is 0.589. The van der Waals surface area contributed by atoms with Gasteiger partial charge in [-0.1, -0.05) is 18.3 Å². The van der Waals surface area contributed by atoms with Crippen LogP contribution >= 0.6 is 12.2 Å². The summed E-state index contributed by atoms with van der Waals surface area (Å²) in [4.78, 5) is 14.3. The highest BCUT2D eigenvalue weighted by Gasteiger charge is 1.92. The van der Waals surface area contributed by atoms with Gasteiger partial charge in [-0.15, -0.1) is 0 Å². The lowest BCUT2D eigenvalue weighted by atomic mass is 10.3. The minimum absolute atomic E-state index is 0.321. The maximum atomic E-state index is 10.0. The van der Waals surface area contributed by atoms with E-state index in [1.165, 1.54) is 6.20 Å². The van der Waals surface area contributed by atoms with Crippen LogP contribution in [0.4, 0.5) is 4.79 Å². The first-order chi connectivity index (χ1) is 5.61. The second kappa shape index (κ2) is 3.36. The summed E-state index contributed by atoms with van der Waals surface area (Å²) in [5.41, 5.74) is 0.772. The van der Waals surface area contributed by atoms with Crippen LogP contribution in [-0.4, -0.2) is 10.9 Å². The summed E-state index contributed by atoms with van der Waals surface area (Å²) in [5, 5.41) is 10.0. The average molecular weight is 184 g/mol. The zero-order valence-corrected chi connectivity index (χ0v) is 7.13. The number of carbonyl (C=O) groups excluding carboxylic acids is 1. The molecule has 0 spiro atoms. The molecule has 0 saturated heterocycles. The number of rotatable bonds is 1. The average Bonchev–Trinajstić information content (AvgIpc) is 1.98. The van der Waals surface area contributed by atoms with E-state index in [9.17, 15) is 9.90 Å². The maximum absolute atomic E-state index is 10.0. The molecule has 0 unspecified atom stereocenters. The van der Waals surface area contributed by atoms with Crippen LogP contribution in [0.15, 0.2) is 18.3 Å². The molecule has 0 aliphatic heterocycles. The second-order valence-corrected chi connectivity index (χ2v) is 2.55. The van der Waals surface area contributed by atoms with Gasteiger partial charge in [0.05, 0.1) is 0 Å². The van der Waals surface area contributed by atoms with Crippen LogP contribution in [0.1, 0.15) is 5.56 Å². The van der Waals surface area contributed by atoms with E-state index in [0.29, 0.717) is 4.64 Å². The van der Waals surface area contributed by atoms with Gasteiger partial charge in [-0.05, 0) is 18.6 Å². The lowest BCUT2D eigenvalue weighted by molar-refractivity contribution is -0.282. The van der Waals surface area contributed by atoms with E-state index in [-0.39, 0.29) is 0 Å². The van der Waals surface area contributed by atoms with Gasteiger partial charge in [0.2, 0.25) is 0 Å². The van der Waals surface area contributed by atoms with Crippen LogP contribution in [-0.2, 0) is 0 Å². The molecule has 0 aliphatic carbocycles. The molecule has 0 fully saturated rings. The van der Waals surface area contributed by atoms with E-state index in [1.807, 2.05) is 0 Å². The fraction of sp³-hybridized carbons (Fsp3) is 0.143. The number of hydrogen-bond acceptors (Lipinski definition) is 4. The van der Waals surface area contributed by atoms with Crippen LogP contribution in [0.5, 0.6) is 0 Å². The first-order valence-corrected chi connectivity index (χ1v) is 3.59. The minimum atomic E-state index is -1.63. The third-order valence-electron chi connectivity index (χ3n) is 1.28. The van der Waals surface area contributed by atoms with Gasteiger partial charge < -0.3 is 14.7 Å². The molecule has 1 rings (SSSR count). The Labute approximate surface area is 74.0 Å². The van der Waals surface area contributed by atoms with Crippen molar-refractivity contribution in [3.05, 3.63) is 28.5 Å². The molecule has 0 aliphatic rings. The molecule has 1 aromatic heterocycles. The Kier molecular flexibility index (Phi) is 2.44. The van der Waals surface area contributed by atoms with E-state index in [1.54, 1.807) is 19.1 Å². The van der Waals surface area contributed by atoms with E-state index in [4.69, 9.17) is 12.2 Å². The first-order valence-electron chi connectivity index (χ1n) is 3.19. The molecule has 0 bridgehead atoms. The Morgan fingerprint density at radius 1 is 1.75 bits per heavy atom. The Hall–Kier alpha value is -1.36. The predicted octanol–water partition coefficient (Wildman–Crippen LogP) is 0.298. The third-order valence-corrected chi connectivity index (χ3v) is 1.78. The monoisotopic (exact) mass is 184 g/mol. The standard InChI is InChI=1S/C7H7NO3S/c1-5-3-2-4-8(6(5)12)11-7(9)10/h2-4H,1H3,(H,9,10)/p-1. The van der Waals surface area contributed by atoms with Gasteiger partial charge in [0, 0.05) is 6.20 Å². The van der Waals surface area contributed by atoms with Crippen molar-refractivity contribution in [3.8, 4) is 0 Å². The van der Waals surface area contributed by atoms with E-state index in [0.717, 1.165) is 10.3 Å². The summed E-state index contributed by atoms with van der Waals surface area (Å²) >= 11 is 4.86. The number of nitrogens with zero attached hydrogens (tertiary/aromatic N) is 1. The van der Waals surface area contributed by atoms with Gasteiger partial charge in [0.1, 0.15) is 4.64 Å². The summed E-state index contributed by atoms with van der Waals surface area (Å²) < 4.78 is 1.29. The van der Waals surface area contributed by atoms with Crippen molar-refractivity contribution in [1.29, 1.82) is 0 Å². The first kappa shape index (κ1) is 8.73. The van der Waals surface area contributed by atoms with Gasteiger partial charge >= 0.3 is 0 Å². The van der Waals surface area contributed by atoms with Crippen LogP contribution in [0.2, 0.25) is 0 Å². The fourth-order valence-corrected chi connectivity index (χ4v) is 0.897. The number of carbonyl (C=O) groups is 1. The fourth-order valence-electron chi connectivity index (χ4n) is 0.731. The van der Waals surface area contributed by atoms with Crippen LogP contribution in [0, 0.1) is 11.6 Å². The largest absolute Gasteiger partial charge is 0.435 e. The van der Waals surface area contributed by atoms with Gasteiger partial charge in [-0.3, -0.25) is 0 Å². The highest BCUT2D eigenvalue weighted by atomic mass is 32.1. The van der Waals surface area contributed by atoms with Gasteiger partial charge in [-0.25, -0.2) is 4.73 Å². The van der Waals surface area contributed by atoms with Crippen molar-refractivity contribution in [2.24, 2.45) is 0 Å². The molecule has 0 amide bonds. The zero-order valence-electron chi connectivity index (χ0n) is 6.31. The normalized spacial score (nSPS) is 9.42. The van der Waals surface area contributed by atoms with Crippen LogP contribution < -0.4 is 9.94 Å². The molecule has 0 N–H and O–H groups in total. The molecule has 0 aromatic carbocycles. The SMILES string of the molecule is Cc1cccn(OC(=O)[O-])c1=S. The highest BCUT2D eigenvalue weighted by Crippen LogP contribution is 1.98. The van der Waals surface area contributed by atoms with Crippen molar-refractivity contribution >= 4 is 18.4 Å². The third kappa shape index (κ3) is 1.82. The van der Waals surface area contributed by atoms with E-state index < -0.39 is 6.16 Å². The molecule has 1 heterocycles. The second-order valence-electron chi connectivity index (χ2n) is 2.16. The Balaban J connectivity index is 3.09. The Morgan fingerprint density at radius 2 is 2.42 bits per heavy atom. The van der Waals surface area contributed by atoms with Gasteiger partial charge in [0.25, 0.3) is 6.16 Å². The summed E-state index contributed by atoms with van der Waals surface area (Å²) in [6, 6.07) is 3.39. The number of pyridine rings is 1. The van der Waals surface area contributed by atoms with E-state index >= 15 is 0 Å².